The molecule has 1 fully saturated rings. The van der Waals surface area contributed by atoms with Gasteiger partial charge < -0.3 is 9.80 Å². The van der Waals surface area contributed by atoms with Gasteiger partial charge in [-0.25, -0.2) is 8.42 Å². The van der Waals surface area contributed by atoms with Gasteiger partial charge in [-0.15, -0.1) is 0 Å². The van der Waals surface area contributed by atoms with Crippen molar-refractivity contribution in [2.24, 2.45) is 0 Å². The number of halogens is 1. The molecule has 0 unspecified atom stereocenters. The smallest absolute Gasteiger partial charge is 0.261 e. The Labute approximate surface area is 162 Å². The number of quaternary nitrogens is 1. The molecule has 8 heteroatoms. The third-order valence-electron chi connectivity index (χ3n) is 4.39. The number of likely N-dealkylation sites (N-methyl/N-ethyl adjacent to an activating group) is 1. The fraction of sp³-hybridized carbons (Fsp3) is 0.278. The minimum absolute atomic E-state index is 0.0674. The van der Waals surface area contributed by atoms with E-state index in [0.717, 1.165) is 17.6 Å². The largest absolute Gasteiger partial charge is 0.334 e. The second-order valence-electron chi connectivity index (χ2n) is 6.39. The highest BCUT2D eigenvalue weighted by Gasteiger charge is 2.23. The van der Waals surface area contributed by atoms with E-state index >= 15 is 0 Å². The van der Waals surface area contributed by atoms with Crippen molar-refractivity contribution in [2.45, 2.75) is 4.90 Å². The van der Waals surface area contributed by atoms with E-state index in [1.165, 1.54) is 17.0 Å². The summed E-state index contributed by atoms with van der Waals surface area (Å²) >= 11 is 3.29. The number of anilines is 1. The summed E-state index contributed by atoms with van der Waals surface area (Å²) in [4.78, 5) is 16.1. The van der Waals surface area contributed by atoms with E-state index in [1.54, 1.807) is 36.4 Å². The first-order valence-electron chi connectivity index (χ1n) is 8.34. The number of carbonyl (C=O) groups is 1. The van der Waals surface area contributed by atoms with Crippen LogP contribution in [0.2, 0.25) is 0 Å². The molecule has 0 radical (unpaired) electrons. The average molecular weight is 439 g/mol. The normalized spacial score (nSPS) is 15.7. The fourth-order valence-electron chi connectivity index (χ4n) is 2.82. The van der Waals surface area contributed by atoms with Gasteiger partial charge in [0.1, 0.15) is 0 Å². The molecule has 0 aromatic heterocycles. The van der Waals surface area contributed by atoms with Crippen LogP contribution in [0.15, 0.2) is 57.9 Å². The highest BCUT2D eigenvalue weighted by molar-refractivity contribution is 9.10. The molecule has 0 aliphatic carbocycles. The molecular weight excluding hydrogens is 418 g/mol. The SMILES string of the molecule is C[NH+]1CCN(C(=O)c2cccc(NS(=O)(=O)c3ccc(Br)cc3)c2)CC1. The number of nitrogens with one attached hydrogen (secondary N) is 2. The number of nitrogens with zero attached hydrogens (tertiary/aromatic N) is 1. The Kier molecular flexibility index (Phi) is 5.64. The van der Waals surface area contributed by atoms with Crippen molar-refractivity contribution in [3.8, 4) is 0 Å². The van der Waals surface area contributed by atoms with E-state index in [1.807, 2.05) is 4.90 Å². The lowest BCUT2D eigenvalue weighted by Gasteiger charge is -2.30. The average Bonchev–Trinajstić information content (AvgIpc) is 2.62. The molecule has 1 heterocycles. The van der Waals surface area contributed by atoms with Gasteiger partial charge in [0, 0.05) is 15.7 Å². The number of hydrogen-bond donors (Lipinski definition) is 2. The number of amides is 1. The van der Waals surface area contributed by atoms with Crippen LogP contribution < -0.4 is 9.62 Å². The molecule has 0 saturated carbocycles. The molecule has 0 atom stereocenters. The van der Waals surface area contributed by atoms with Gasteiger partial charge in [-0.3, -0.25) is 9.52 Å². The van der Waals surface area contributed by atoms with Crippen molar-refractivity contribution in [3.63, 3.8) is 0 Å². The zero-order valence-corrected chi connectivity index (χ0v) is 16.8. The highest BCUT2D eigenvalue weighted by Crippen LogP contribution is 2.20. The number of hydrogen-bond acceptors (Lipinski definition) is 3. The maximum atomic E-state index is 12.7. The first-order valence-corrected chi connectivity index (χ1v) is 10.6. The van der Waals surface area contributed by atoms with Crippen LogP contribution in [0.4, 0.5) is 5.69 Å². The van der Waals surface area contributed by atoms with Crippen molar-refractivity contribution in [3.05, 3.63) is 58.6 Å². The summed E-state index contributed by atoms with van der Waals surface area (Å²) in [5.41, 5.74) is 0.860. The summed E-state index contributed by atoms with van der Waals surface area (Å²) in [5.74, 6) is -0.0674. The predicted octanol–water partition coefficient (Wildman–Crippen LogP) is 1.22. The maximum Gasteiger partial charge on any atom is 0.261 e. The second-order valence-corrected chi connectivity index (χ2v) is 8.99. The Morgan fingerprint density at radius 1 is 1.12 bits per heavy atom. The lowest BCUT2D eigenvalue weighted by Crippen LogP contribution is -3.12. The molecule has 2 aromatic carbocycles. The molecule has 3 rings (SSSR count). The quantitative estimate of drug-likeness (QED) is 0.753. The minimum atomic E-state index is -3.70. The summed E-state index contributed by atoms with van der Waals surface area (Å²) in [6.45, 7) is 3.25. The molecule has 2 N–H and O–H groups in total. The number of rotatable bonds is 4. The van der Waals surface area contributed by atoms with Crippen LogP contribution in [0.1, 0.15) is 10.4 Å². The van der Waals surface area contributed by atoms with Gasteiger partial charge in [0.25, 0.3) is 15.9 Å². The van der Waals surface area contributed by atoms with Crippen LogP contribution in [-0.4, -0.2) is 52.5 Å². The minimum Gasteiger partial charge on any atom is -0.334 e. The van der Waals surface area contributed by atoms with Crippen molar-refractivity contribution in [1.82, 2.24) is 4.90 Å². The topological polar surface area (TPSA) is 70.9 Å². The van der Waals surface area contributed by atoms with Crippen molar-refractivity contribution < 1.29 is 18.1 Å². The van der Waals surface area contributed by atoms with E-state index in [2.05, 4.69) is 27.7 Å². The molecule has 26 heavy (non-hydrogen) atoms. The summed E-state index contributed by atoms with van der Waals surface area (Å²) in [5, 5.41) is 0. The Morgan fingerprint density at radius 3 is 2.42 bits per heavy atom. The van der Waals surface area contributed by atoms with Crippen molar-refractivity contribution >= 4 is 37.5 Å². The van der Waals surface area contributed by atoms with Crippen LogP contribution in [0.5, 0.6) is 0 Å². The molecule has 1 saturated heterocycles. The van der Waals surface area contributed by atoms with Crippen LogP contribution >= 0.6 is 15.9 Å². The number of sulfonamides is 1. The highest BCUT2D eigenvalue weighted by atomic mass is 79.9. The number of benzene rings is 2. The predicted molar refractivity (Wildman–Crippen MR) is 104 cm³/mol. The molecule has 1 amide bonds. The molecule has 1 aliphatic heterocycles. The monoisotopic (exact) mass is 438 g/mol. The van der Waals surface area contributed by atoms with Gasteiger partial charge in [0.2, 0.25) is 0 Å². The van der Waals surface area contributed by atoms with Gasteiger partial charge in [0.05, 0.1) is 38.1 Å². The standard InChI is InChI=1S/C18H20BrN3O3S/c1-21-9-11-22(12-10-21)18(23)14-3-2-4-16(13-14)20-26(24,25)17-7-5-15(19)6-8-17/h2-8,13,20H,9-12H2,1H3/p+1. The van der Waals surface area contributed by atoms with Crippen molar-refractivity contribution in [2.75, 3.05) is 37.9 Å². The lowest BCUT2D eigenvalue weighted by molar-refractivity contribution is -0.883. The maximum absolute atomic E-state index is 12.7. The number of piperazine rings is 1. The Balaban J connectivity index is 1.77. The molecule has 1 aliphatic rings. The van der Waals surface area contributed by atoms with E-state index in [0.29, 0.717) is 24.3 Å². The zero-order chi connectivity index (χ0) is 18.7. The van der Waals surface area contributed by atoms with Gasteiger partial charge >= 0.3 is 0 Å². The first-order chi connectivity index (χ1) is 12.3. The fourth-order valence-corrected chi connectivity index (χ4v) is 4.13. The summed E-state index contributed by atoms with van der Waals surface area (Å²) in [6.07, 6.45) is 0. The molecule has 0 bridgehead atoms. The lowest BCUT2D eigenvalue weighted by atomic mass is 10.1. The van der Waals surface area contributed by atoms with Gasteiger partial charge in [0.15, 0.2) is 0 Å². The van der Waals surface area contributed by atoms with Gasteiger partial charge in [-0.05, 0) is 42.5 Å². The second kappa shape index (κ2) is 7.77. The van der Waals surface area contributed by atoms with Crippen LogP contribution in [0.3, 0.4) is 0 Å². The van der Waals surface area contributed by atoms with Gasteiger partial charge in [-0.2, -0.15) is 0 Å². The Bertz CT molecular complexity index is 892. The van der Waals surface area contributed by atoms with Crippen LogP contribution in [-0.2, 0) is 10.0 Å². The summed E-state index contributed by atoms with van der Waals surface area (Å²) in [6, 6.07) is 13.0. The van der Waals surface area contributed by atoms with E-state index in [9.17, 15) is 13.2 Å². The molecule has 2 aromatic rings. The van der Waals surface area contributed by atoms with E-state index in [4.69, 9.17) is 0 Å². The Hall–Kier alpha value is -1.90. The van der Waals surface area contributed by atoms with E-state index in [-0.39, 0.29) is 10.8 Å². The molecule has 0 spiro atoms. The summed E-state index contributed by atoms with van der Waals surface area (Å²) in [7, 11) is -1.59. The third-order valence-corrected chi connectivity index (χ3v) is 6.32. The number of carbonyl (C=O) groups excluding carboxylic acids is 1. The van der Waals surface area contributed by atoms with E-state index < -0.39 is 10.0 Å². The zero-order valence-electron chi connectivity index (χ0n) is 14.4. The van der Waals surface area contributed by atoms with Crippen LogP contribution in [0, 0.1) is 0 Å². The van der Waals surface area contributed by atoms with Crippen LogP contribution in [0.25, 0.3) is 0 Å². The van der Waals surface area contributed by atoms with Crippen molar-refractivity contribution in [1.29, 1.82) is 0 Å². The summed E-state index contributed by atoms with van der Waals surface area (Å²) < 4.78 is 28.4. The Morgan fingerprint density at radius 2 is 1.77 bits per heavy atom. The molecule has 6 nitrogen and oxygen atoms in total. The third kappa shape index (κ3) is 4.44. The van der Waals surface area contributed by atoms with Gasteiger partial charge in [-0.1, -0.05) is 22.0 Å². The molecule has 138 valence electrons. The molecular formula is C18H21BrN3O3S+. The first kappa shape index (κ1) is 18.9.